The minimum Gasteiger partial charge on any atom is -0.493 e. The predicted molar refractivity (Wildman–Crippen MR) is 110 cm³/mol. The van der Waals surface area contributed by atoms with Gasteiger partial charge in [0, 0.05) is 31.8 Å². The largest absolute Gasteiger partial charge is 0.519 e. The molecule has 27 heavy (non-hydrogen) atoms. The van der Waals surface area contributed by atoms with Crippen LogP contribution < -0.4 is 0 Å². The number of nitrogens with zero attached hydrogens (tertiary/aromatic N) is 4. The van der Waals surface area contributed by atoms with E-state index in [1.54, 1.807) is 5.01 Å². The third-order valence-corrected chi connectivity index (χ3v) is 6.59. The normalized spacial score (nSPS) is 21.8. The lowest BCUT2D eigenvalue weighted by Crippen LogP contribution is -2.60. The Morgan fingerprint density at radius 2 is 1.67 bits per heavy atom. The van der Waals surface area contributed by atoms with Crippen molar-refractivity contribution in [2.75, 3.05) is 34.4 Å². The fraction of sp³-hybridized carbons (Fsp3) is 0.300. The highest BCUT2D eigenvalue weighted by molar-refractivity contribution is 6.69. The summed E-state index contributed by atoms with van der Waals surface area (Å²) in [7, 11) is 5.24. The van der Waals surface area contributed by atoms with Gasteiger partial charge in [-0.2, -0.15) is 4.59 Å². The van der Waals surface area contributed by atoms with Crippen molar-refractivity contribution >= 4 is 20.4 Å². The van der Waals surface area contributed by atoms with Crippen LogP contribution in [0.25, 0.3) is 0 Å². The fourth-order valence-corrected chi connectivity index (χ4v) is 5.88. The lowest BCUT2D eigenvalue weighted by atomic mass is 10.2. The maximum absolute atomic E-state index is 6.49. The van der Waals surface area contributed by atoms with Gasteiger partial charge >= 0.3 is 8.56 Å². The summed E-state index contributed by atoms with van der Waals surface area (Å²) in [4.78, 5) is 0. The van der Waals surface area contributed by atoms with Crippen LogP contribution in [0.5, 0.6) is 0 Å². The van der Waals surface area contributed by atoms with Crippen molar-refractivity contribution in [1.29, 1.82) is 0 Å². The lowest BCUT2D eigenvalue weighted by molar-refractivity contribution is -0.890. The van der Waals surface area contributed by atoms with Crippen molar-refractivity contribution in [3.63, 3.8) is 0 Å². The number of quaternary nitrogens is 1. The van der Waals surface area contributed by atoms with Gasteiger partial charge in [0.25, 0.3) is 5.90 Å². The maximum Gasteiger partial charge on any atom is 0.519 e. The Morgan fingerprint density at radius 3 is 2.26 bits per heavy atom. The van der Waals surface area contributed by atoms with Crippen LogP contribution >= 0.6 is 0 Å². The van der Waals surface area contributed by atoms with Crippen molar-refractivity contribution in [3.8, 4) is 0 Å². The molecule has 1 aliphatic heterocycles. The number of hydrogen-bond donors (Lipinski definition) is 0. The SMILES string of the molecule is CN(C)/N=C(/O[Si]1(C)C[N+](C)(C)N=C(c2ccccc2)O1)c1ccccc1. The van der Waals surface area contributed by atoms with Crippen LogP contribution in [0, 0.1) is 0 Å². The maximum atomic E-state index is 6.49. The number of rotatable bonds is 4. The van der Waals surface area contributed by atoms with E-state index in [0.29, 0.717) is 22.6 Å². The van der Waals surface area contributed by atoms with E-state index in [2.05, 4.69) is 25.7 Å². The van der Waals surface area contributed by atoms with E-state index in [0.717, 1.165) is 11.1 Å². The second-order valence-electron chi connectivity index (χ2n) is 7.51. The van der Waals surface area contributed by atoms with Gasteiger partial charge < -0.3 is 8.85 Å². The van der Waals surface area contributed by atoms with Gasteiger partial charge in [0.05, 0.1) is 14.1 Å². The predicted octanol–water partition coefficient (Wildman–Crippen LogP) is 3.01. The zero-order valence-electron chi connectivity index (χ0n) is 16.6. The van der Waals surface area contributed by atoms with Crippen LogP contribution in [0.4, 0.5) is 0 Å². The van der Waals surface area contributed by atoms with Crippen LogP contribution in [0.3, 0.4) is 0 Å². The van der Waals surface area contributed by atoms with Gasteiger partial charge in [-0.05, 0) is 29.4 Å². The van der Waals surface area contributed by atoms with Gasteiger partial charge in [0.15, 0.2) is 6.17 Å². The van der Waals surface area contributed by atoms with E-state index < -0.39 is 8.56 Å². The third kappa shape index (κ3) is 4.96. The van der Waals surface area contributed by atoms with Crippen LogP contribution in [-0.4, -0.2) is 64.3 Å². The summed E-state index contributed by atoms with van der Waals surface area (Å²) in [5, 5.41) is 11.1. The molecular formula is C20H27N4O2Si+. The molecule has 0 saturated heterocycles. The van der Waals surface area contributed by atoms with Gasteiger partial charge in [-0.15, -0.1) is 5.10 Å². The minimum absolute atomic E-state index is 0.455. The zero-order valence-corrected chi connectivity index (χ0v) is 17.6. The second-order valence-corrected chi connectivity index (χ2v) is 10.5. The lowest BCUT2D eigenvalue weighted by Gasteiger charge is -2.37. The Kier molecular flexibility index (Phi) is 5.34. The first-order chi connectivity index (χ1) is 12.8. The topological polar surface area (TPSA) is 46.4 Å². The van der Waals surface area contributed by atoms with Gasteiger partial charge in [-0.3, -0.25) is 5.01 Å². The standard InChI is InChI=1S/C20H27N4O2Si/c1-23(2)21-19(17-12-8-6-9-13-17)25-27(5)16-24(3,4)22-20(26-27)18-14-10-7-11-15-18/h6-15H,16H2,1-5H3/q+1/b21-19+. The van der Waals surface area contributed by atoms with Gasteiger partial charge in [0.2, 0.25) is 5.90 Å². The second kappa shape index (κ2) is 7.54. The molecule has 3 rings (SSSR count). The van der Waals surface area contributed by atoms with E-state index in [4.69, 9.17) is 14.0 Å². The molecule has 0 spiro atoms. The van der Waals surface area contributed by atoms with E-state index in [1.807, 2.05) is 74.8 Å². The van der Waals surface area contributed by atoms with Crippen molar-refractivity contribution in [1.82, 2.24) is 5.01 Å². The smallest absolute Gasteiger partial charge is 0.493 e. The van der Waals surface area contributed by atoms with Crippen LogP contribution in [0.1, 0.15) is 11.1 Å². The summed E-state index contributed by atoms with van der Waals surface area (Å²) in [5.41, 5.74) is 1.88. The van der Waals surface area contributed by atoms with E-state index >= 15 is 0 Å². The van der Waals surface area contributed by atoms with Gasteiger partial charge in [-0.1, -0.05) is 36.4 Å². The Hall–Kier alpha value is -2.64. The highest BCUT2D eigenvalue weighted by Gasteiger charge is 2.50. The van der Waals surface area contributed by atoms with Gasteiger partial charge in [-0.25, -0.2) is 0 Å². The fourth-order valence-electron chi connectivity index (χ4n) is 3.10. The third-order valence-electron chi connectivity index (χ3n) is 3.99. The van der Waals surface area contributed by atoms with Crippen molar-refractivity contribution < 1.29 is 13.4 Å². The molecule has 0 saturated carbocycles. The molecular weight excluding hydrogens is 356 g/mol. The summed E-state index contributed by atoms with van der Waals surface area (Å²) in [6.45, 7) is 2.07. The Labute approximate surface area is 162 Å². The molecule has 2 aromatic carbocycles. The monoisotopic (exact) mass is 383 g/mol. The highest BCUT2D eigenvalue weighted by Crippen LogP contribution is 2.24. The first-order valence-electron chi connectivity index (χ1n) is 8.94. The number of hydrogen-bond acceptors (Lipinski definition) is 5. The molecule has 6 nitrogen and oxygen atoms in total. The summed E-state index contributed by atoms with van der Waals surface area (Å²) < 4.78 is 13.3. The van der Waals surface area contributed by atoms with Gasteiger partial charge in [0.1, 0.15) is 0 Å². The first-order valence-corrected chi connectivity index (χ1v) is 11.5. The summed E-state index contributed by atoms with van der Waals surface area (Å²) in [5.74, 6) is 1.20. The molecule has 0 aliphatic carbocycles. The molecule has 1 unspecified atom stereocenters. The Morgan fingerprint density at radius 1 is 1.07 bits per heavy atom. The van der Waals surface area contributed by atoms with E-state index in [1.165, 1.54) is 0 Å². The number of hydrazone groups is 1. The number of benzene rings is 2. The van der Waals surface area contributed by atoms with E-state index in [-0.39, 0.29) is 0 Å². The van der Waals surface area contributed by atoms with Crippen LogP contribution in [0.15, 0.2) is 70.9 Å². The molecule has 7 heteroatoms. The quantitative estimate of drug-likeness (QED) is 0.268. The van der Waals surface area contributed by atoms with Crippen LogP contribution in [0.2, 0.25) is 6.55 Å². The molecule has 0 N–H and O–H groups in total. The molecule has 142 valence electrons. The molecule has 0 amide bonds. The molecule has 1 heterocycles. The molecule has 0 radical (unpaired) electrons. The van der Waals surface area contributed by atoms with Crippen LogP contribution in [-0.2, 0) is 8.85 Å². The molecule has 0 fully saturated rings. The molecule has 0 bridgehead atoms. The summed E-state index contributed by atoms with van der Waals surface area (Å²) in [6, 6.07) is 19.9. The average Bonchev–Trinajstić information content (AvgIpc) is 2.60. The average molecular weight is 384 g/mol. The van der Waals surface area contributed by atoms with Crippen molar-refractivity contribution in [2.24, 2.45) is 10.2 Å². The van der Waals surface area contributed by atoms with Crippen molar-refractivity contribution in [2.45, 2.75) is 6.55 Å². The van der Waals surface area contributed by atoms with Crippen molar-refractivity contribution in [3.05, 3.63) is 71.8 Å². The molecule has 0 aromatic heterocycles. The molecule has 1 atom stereocenters. The highest BCUT2D eigenvalue weighted by atomic mass is 28.4. The molecule has 2 aromatic rings. The molecule has 1 aliphatic rings. The Balaban J connectivity index is 1.93. The Bertz CT molecular complexity index is 838. The van der Waals surface area contributed by atoms with E-state index in [9.17, 15) is 0 Å². The summed E-state index contributed by atoms with van der Waals surface area (Å²) in [6.07, 6.45) is 0.683. The first kappa shape index (κ1) is 19.1. The minimum atomic E-state index is -2.65. The summed E-state index contributed by atoms with van der Waals surface area (Å²) >= 11 is 0. The zero-order chi connectivity index (χ0) is 19.5.